The third-order valence-electron chi connectivity index (χ3n) is 3.65. The van der Waals surface area contributed by atoms with Crippen molar-refractivity contribution >= 4 is 11.0 Å². The first-order valence-electron chi connectivity index (χ1n) is 6.50. The fourth-order valence-corrected chi connectivity index (χ4v) is 2.63. The van der Waals surface area contributed by atoms with Gasteiger partial charge in [0.1, 0.15) is 0 Å². The van der Waals surface area contributed by atoms with E-state index in [9.17, 15) is 4.79 Å². The number of benzene rings is 1. The van der Waals surface area contributed by atoms with Crippen LogP contribution in [-0.4, -0.2) is 22.6 Å². The molecule has 0 aliphatic carbocycles. The highest BCUT2D eigenvalue weighted by Crippen LogP contribution is 2.16. The number of para-hydroxylation sites is 2. The van der Waals surface area contributed by atoms with E-state index in [0.717, 1.165) is 43.5 Å². The Bertz CT molecular complexity index is 599. The molecule has 2 heterocycles. The van der Waals surface area contributed by atoms with Crippen molar-refractivity contribution in [3.05, 3.63) is 40.8 Å². The second kappa shape index (κ2) is 4.90. The van der Waals surface area contributed by atoms with Gasteiger partial charge in [0.25, 0.3) is 5.56 Å². The van der Waals surface area contributed by atoms with E-state index in [1.165, 1.54) is 6.20 Å². The van der Waals surface area contributed by atoms with Crippen LogP contribution in [0.25, 0.3) is 11.0 Å². The molecule has 18 heavy (non-hydrogen) atoms. The van der Waals surface area contributed by atoms with E-state index in [1.807, 2.05) is 28.8 Å². The molecule has 3 rings (SSSR count). The third kappa shape index (κ3) is 2.16. The van der Waals surface area contributed by atoms with E-state index in [4.69, 9.17) is 0 Å². The van der Waals surface area contributed by atoms with E-state index in [0.29, 0.717) is 5.92 Å². The van der Waals surface area contributed by atoms with Crippen molar-refractivity contribution in [2.75, 3.05) is 13.1 Å². The molecule has 4 heteroatoms. The Morgan fingerprint density at radius 2 is 2.06 bits per heavy atom. The summed E-state index contributed by atoms with van der Waals surface area (Å²) >= 11 is 0. The van der Waals surface area contributed by atoms with Gasteiger partial charge >= 0.3 is 0 Å². The number of hydrogen-bond acceptors (Lipinski definition) is 3. The van der Waals surface area contributed by atoms with Gasteiger partial charge in [-0.2, -0.15) is 0 Å². The van der Waals surface area contributed by atoms with Crippen LogP contribution in [-0.2, 0) is 6.54 Å². The maximum Gasteiger partial charge on any atom is 0.269 e. The van der Waals surface area contributed by atoms with Crippen molar-refractivity contribution in [1.82, 2.24) is 14.9 Å². The molecule has 0 unspecified atom stereocenters. The highest BCUT2D eigenvalue weighted by atomic mass is 16.1. The zero-order valence-electron chi connectivity index (χ0n) is 10.3. The van der Waals surface area contributed by atoms with Gasteiger partial charge in [-0.15, -0.1) is 0 Å². The quantitative estimate of drug-likeness (QED) is 0.867. The Labute approximate surface area is 106 Å². The second-order valence-electron chi connectivity index (χ2n) is 4.89. The van der Waals surface area contributed by atoms with Gasteiger partial charge in [-0.3, -0.25) is 4.79 Å². The Balaban J connectivity index is 1.99. The zero-order valence-corrected chi connectivity index (χ0v) is 10.3. The monoisotopic (exact) mass is 243 g/mol. The van der Waals surface area contributed by atoms with E-state index >= 15 is 0 Å². The number of hydrogen-bond donors (Lipinski definition) is 1. The molecular formula is C14H17N3O. The van der Waals surface area contributed by atoms with Gasteiger partial charge < -0.3 is 9.88 Å². The standard InChI is InChI=1S/C14H17N3O/c18-14-9-16-12-3-1-2-4-13(12)17(14)10-11-5-7-15-8-6-11/h1-4,9,11,15H,5-8,10H2. The molecule has 1 aliphatic heterocycles. The molecule has 0 amide bonds. The number of nitrogens with zero attached hydrogens (tertiary/aromatic N) is 2. The largest absolute Gasteiger partial charge is 0.317 e. The summed E-state index contributed by atoms with van der Waals surface area (Å²) in [5, 5.41) is 3.35. The van der Waals surface area contributed by atoms with Crippen LogP contribution < -0.4 is 10.9 Å². The van der Waals surface area contributed by atoms with Crippen LogP contribution in [0.5, 0.6) is 0 Å². The van der Waals surface area contributed by atoms with Gasteiger partial charge in [0.05, 0.1) is 17.2 Å². The highest BCUT2D eigenvalue weighted by molar-refractivity contribution is 5.74. The summed E-state index contributed by atoms with van der Waals surface area (Å²) in [5.74, 6) is 0.592. The molecule has 0 saturated carbocycles. The molecule has 0 bridgehead atoms. The average Bonchev–Trinajstić information content (AvgIpc) is 2.43. The molecule has 4 nitrogen and oxygen atoms in total. The highest BCUT2D eigenvalue weighted by Gasteiger charge is 2.15. The molecule has 0 atom stereocenters. The lowest BCUT2D eigenvalue weighted by atomic mass is 9.98. The summed E-state index contributed by atoms with van der Waals surface area (Å²) < 4.78 is 1.87. The molecule has 1 aliphatic rings. The Kier molecular flexibility index (Phi) is 3.11. The molecule has 1 N–H and O–H groups in total. The molecule has 1 aromatic heterocycles. The van der Waals surface area contributed by atoms with Gasteiger partial charge in [0.2, 0.25) is 0 Å². The average molecular weight is 243 g/mol. The molecule has 1 fully saturated rings. The van der Waals surface area contributed by atoms with Gasteiger partial charge in [-0.25, -0.2) is 4.98 Å². The van der Waals surface area contributed by atoms with Crippen molar-refractivity contribution in [2.24, 2.45) is 5.92 Å². The van der Waals surface area contributed by atoms with Gasteiger partial charge in [-0.1, -0.05) is 12.1 Å². The van der Waals surface area contributed by atoms with Crippen LogP contribution >= 0.6 is 0 Å². The van der Waals surface area contributed by atoms with Crippen LogP contribution in [0.2, 0.25) is 0 Å². The van der Waals surface area contributed by atoms with Crippen LogP contribution in [0, 0.1) is 5.92 Å². The molecule has 2 aromatic rings. The summed E-state index contributed by atoms with van der Waals surface area (Å²) in [6, 6.07) is 7.84. The number of piperidine rings is 1. The fraction of sp³-hybridized carbons (Fsp3) is 0.429. The first-order chi connectivity index (χ1) is 8.84. The lowest BCUT2D eigenvalue weighted by Gasteiger charge is -2.23. The first-order valence-corrected chi connectivity index (χ1v) is 6.50. The van der Waals surface area contributed by atoms with Crippen molar-refractivity contribution in [3.8, 4) is 0 Å². The first kappa shape index (κ1) is 11.4. The van der Waals surface area contributed by atoms with Crippen LogP contribution in [0.3, 0.4) is 0 Å². The van der Waals surface area contributed by atoms with Gasteiger partial charge in [0, 0.05) is 6.54 Å². The van der Waals surface area contributed by atoms with Crippen molar-refractivity contribution < 1.29 is 0 Å². The second-order valence-corrected chi connectivity index (χ2v) is 4.89. The molecule has 0 spiro atoms. The summed E-state index contributed by atoms with van der Waals surface area (Å²) in [6.07, 6.45) is 3.72. The topological polar surface area (TPSA) is 46.9 Å². The summed E-state index contributed by atoms with van der Waals surface area (Å²) in [6.45, 7) is 2.93. The molecular weight excluding hydrogens is 226 g/mol. The third-order valence-corrected chi connectivity index (χ3v) is 3.65. The predicted octanol–water partition coefficient (Wildman–Crippen LogP) is 1.40. The van der Waals surface area contributed by atoms with Crippen LogP contribution in [0.4, 0.5) is 0 Å². The van der Waals surface area contributed by atoms with Crippen molar-refractivity contribution in [3.63, 3.8) is 0 Å². The summed E-state index contributed by atoms with van der Waals surface area (Å²) in [5.41, 5.74) is 1.85. The number of fused-ring (bicyclic) bond motifs is 1. The van der Waals surface area contributed by atoms with Crippen molar-refractivity contribution in [1.29, 1.82) is 0 Å². The molecule has 94 valence electrons. The summed E-state index contributed by atoms with van der Waals surface area (Å²) in [7, 11) is 0. The Hall–Kier alpha value is -1.68. The van der Waals surface area contributed by atoms with Crippen molar-refractivity contribution in [2.45, 2.75) is 19.4 Å². The van der Waals surface area contributed by atoms with E-state index in [1.54, 1.807) is 0 Å². The van der Waals surface area contributed by atoms with E-state index in [-0.39, 0.29) is 5.56 Å². The molecule has 1 saturated heterocycles. The van der Waals surface area contributed by atoms with Crippen LogP contribution in [0.15, 0.2) is 35.3 Å². The maximum atomic E-state index is 12.0. The van der Waals surface area contributed by atoms with Gasteiger partial charge in [-0.05, 0) is 44.0 Å². The Morgan fingerprint density at radius 1 is 1.28 bits per heavy atom. The minimum atomic E-state index is 0.00670. The molecule has 1 aromatic carbocycles. The van der Waals surface area contributed by atoms with Crippen LogP contribution in [0.1, 0.15) is 12.8 Å². The number of rotatable bonds is 2. The number of nitrogens with one attached hydrogen (secondary N) is 1. The number of aromatic nitrogens is 2. The SMILES string of the molecule is O=c1cnc2ccccc2n1CC1CCNCC1. The maximum absolute atomic E-state index is 12.0. The lowest BCUT2D eigenvalue weighted by Crippen LogP contribution is -2.32. The summed E-state index contributed by atoms with van der Waals surface area (Å²) in [4.78, 5) is 16.2. The van der Waals surface area contributed by atoms with Gasteiger partial charge in [0.15, 0.2) is 0 Å². The smallest absolute Gasteiger partial charge is 0.269 e. The minimum Gasteiger partial charge on any atom is -0.317 e. The van der Waals surface area contributed by atoms with E-state index in [2.05, 4.69) is 10.3 Å². The minimum absolute atomic E-state index is 0.00670. The predicted molar refractivity (Wildman–Crippen MR) is 71.6 cm³/mol. The molecule has 0 radical (unpaired) electrons. The normalized spacial score (nSPS) is 17.1. The lowest BCUT2D eigenvalue weighted by molar-refractivity contribution is 0.333. The zero-order chi connectivity index (χ0) is 12.4. The fourth-order valence-electron chi connectivity index (χ4n) is 2.63. The van der Waals surface area contributed by atoms with E-state index < -0.39 is 0 Å². The Morgan fingerprint density at radius 3 is 2.89 bits per heavy atom.